The standard InChI is InChI=1S/C22H24ClN3O3S/c1-12-17(27-2)9-18(28-3)20(23)19(12)15-8-14-10-24-22(30-4)26-21(14)16(25-15)7-13-5-6-29-11-13/h8-10,13H,5-7,11H2,1-4H3. The molecule has 30 heavy (non-hydrogen) atoms. The van der Waals surface area contributed by atoms with Crippen LogP contribution in [-0.4, -0.2) is 48.6 Å². The molecule has 1 saturated heterocycles. The Morgan fingerprint density at radius 2 is 2.00 bits per heavy atom. The molecule has 1 aromatic carbocycles. The number of benzene rings is 1. The van der Waals surface area contributed by atoms with Crippen LogP contribution in [0.15, 0.2) is 23.5 Å². The third-order valence-electron chi connectivity index (χ3n) is 5.44. The molecule has 1 aliphatic heterocycles. The maximum absolute atomic E-state index is 6.72. The van der Waals surface area contributed by atoms with E-state index in [9.17, 15) is 0 Å². The molecule has 0 saturated carbocycles. The molecule has 1 aliphatic rings. The van der Waals surface area contributed by atoms with Gasteiger partial charge >= 0.3 is 0 Å². The van der Waals surface area contributed by atoms with Gasteiger partial charge in [0.2, 0.25) is 0 Å². The number of methoxy groups -OCH3 is 2. The quantitative estimate of drug-likeness (QED) is 0.392. The Hall–Kier alpha value is -2.09. The summed E-state index contributed by atoms with van der Waals surface area (Å²) in [5, 5.41) is 2.18. The van der Waals surface area contributed by atoms with Crippen LogP contribution in [0.4, 0.5) is 0 Å². The van der Waals surface area contributed by atoms with E-state index in [2.05, 4.69) is 4.98 Å². The van der Waals surface area contributed by atoms with Gasteiger partial charge < -0.3 is 14.2 Å². The molecule has 0 amide bonds. The Labute approximate surface area is 185 Å². The molecule has 1 unspecified atom stereocenters. The first kappa shape index (κ1) is 21.2. The molecular formula is C22H24ClN3O3S. The first-order valence-electron chi connectivity index (χ1n) is 9.75. The van der Waals surface area contributed by atoms with Gasteiger partial charge in [-0.25, -0.2) is 9.97 Å². The molecule has 3 aromatic rings. The SMILES string of the molecule is COc1cc(OC)c(Cl)c(-c2cc3cnc(SC)nc3c(CC3CCOC3)n2)c1C. The Morgan fingerprint density at radius 3 is 2.67 bits per heavy atom. The molecule has 1 fully saturated rings. The second-order valence-electron chi connectivity index (χ2n) is 7.28. The molecule has 3 heterocycles. The number of hydrogen-bond donors (Lipinski definition) is 0. The van der Waals surface area contributed by atoms with E-state index in [1.54, 1.807) is 20.3 Å². The summed E-state index contributed by atoms with van der Waals surface area (Å²) in [6.45, 7) is 3.52. The third-order valence-corrected chi connectivity index (χ3v) is 6.38. The van der Waals surface area contributed by atoms with Crippen molar-refractivity contribution in [1.82, 2.24) is 15.0 Å². The fourth-order valence-electron chi connectivity index (χ4n) is 3.84. The van der Waals surface area contributed by atoms with Gasteiger partial charge in [-0.1, -0.05) is 23.4 Å². The molecule has 0 bridgehead atoms. The van der Waals surface area contributed by atoms with Crippen molar-refractivity contribution >= 4 is 34.3 Å². The number of rotatable bonds is 6. The zero-order valence-electron chi connectivity index (χ0n) is 17.5. The zero-order chi connectivity index (χ0) is 21.3. The monoisotopic (exact) mass is 445 g/mol. The number of pyridine rings is 1. The van der Waals surface area contributed by atoms with Crippen molar-refractivity contribution in [2.75, 3.05) is 33.7 Å². The summed E-state index contributed by atoms with van der Waals surface area (Å²) in [5.41, 5.74) is 4.29. The second kappa shape index (κ2) is 8.96. The average Bonchev–Trinajstić information content (AvgIpc) is 3.27. The van der Waals surface area contributed by atoms with Crippen molar-refractivity contribution in [2.24, 2.45) is 5.92 Å². The largest absolute Gasteiger partial charge is 0.496 e. The molecule has 0 N–H and O–H groups in total. The van der Waals surface area contributed by atoms with E-state index in [0.29, 0.717) is 22.4 Å². The summed E-state index contributed by atoms with van der Waals surface area (Å²) in [4.78, 5) is 14.2. The summed E-state index contributed by atoms with van der Waals surface area (Å²) in [6.07, 6.45) is 5.65. The van der Waals surface area contributed by atoms with Crippen LogP contribution in [0.1, 0.15) is 17.7 Å². The van der Waals surface area contributed by atoms with Crippen LogP contribution >= 0.6 is 23.4 Å². The van der Waals surface area contributed by atoms with Gasteiger partial charge in [-0.2, -0.15) is 0 Å². The van der Waals surface area contributed by atoms with E-state index >= 15 is 0 Å². The van der Waals surface area contributed by atoms with Crippen LogP contribution in [0.5, 0.6) is 11.5 Å². The molecule has 8 heteroatoms. The van der Waals surface area contributed by atoms with E-state index in [0.717, 1.165) is 64.6 Å². The maximum Gasteiger partial charge on any atom is 0.187 e. The van der Waals surface area contributed by atoms with Crippen LogP contribution in [-0.2, 0) is 11.2 Å². The lowest BCUT2D eigenvalue weighted by molar-refractivity contribution is 0.185. The minimum Gasteiger partial charge on any atom is -0.496 e. The lowest BCUT2D eigenvalue weighted by Gasteiger charge is -2.17. The van der Waals surface area contributed by atoms with Gasteiger partial charge in [0, 0.05) is 42.0 Å². The van der Waals surface area contributed by atoms with Crippen molar-refractivity contribution in [1.29, 1.82) is 0 Å². The van der Waals surface area contributed by atoms with Gasteiger partial charge in [-0.15, -0.1) is 0 Å². The summed E-state index contributed by atoms with van der Waals surface area (Å²) in [6, 6.07) is 3.79. The number of ether oxygens (including phenoxy) is 3. The van der Waals surface area contributed by atoms with Crippen molar-refractivity contribution in [3.8, 4) is 22.8 Å². The maximum atomic E-state index is 6.72. The number of thioether (sulfide) groups is 1. The predicted octanol–water partition coefficient (Wildman–Crippen LogP) is 4.97. The average molecular weight is 446 g/mol. The van der Waals surface area contributed by atoms with Crippen LogP contribution in [0.2, 0.25) is 5.02 Å². The van der Waals surface area contributed by atoms with Gasteiger partial charge in [0.1, 0.15) is 11.5 Å². The van der Waals surface area contributed by atoms with Crippen molar-refractivity contribution in [3.63, 3.8) is 0 Å². The summed E-state index contributed by atoms with van der Waals surface area (Å²) in [5.74, 6) is 1.68. The second-order valence-corrected chi connectivity index (χ2v) is 8.43. The van der Waals surface area contributed by atoms with Crippen LogP contribution < -0.4 is 9.47 Å². The van der Waals surface area contributed by atoms with E-state index in [4.69, 9.17) is 35.8 Å². The topological polar surface area (TPSA) is 66.4 Å². The van der Waals surface area contributed by atoms with E-state index in [-0.39, 0.29) is 0 Å². The van der Waals surface area contributed by atoms with E-state index < -0.39 is 0 Å². The molecular weight excluding hydrogens is 422 g/mol. The minimum absolute atomic E-state index is 0.431. The van der Waals surface area contributed by atoms with Crippen LogP contribution in [0.25, 0.3) is 22.2 Å². The Kier molecular flexibility index (Phi) is 6.32. The molecule has 6 nitrogen and oxygen atoms in total. The highest BCUT2D eigenvalue weighted by atomic mass is 35.5. The van der Waals surface area contributed by atoms with Crippen molar-refractivity contribution in [3.05, 3.63) is 34.6 Å². The zero-order valence-corrected chi connectivity index (χ0v) is 19.1. The van der Waals surface area contributed by atoms with Crippen LogP contribution in [0.3, 0.4) is 0 Å². The Bertz CT molecular complexity index is 1060. The summed E-state index contributed by atoms with van der Waals surface area (Å²) in [7, 11) is 3.23. The number of hydrogen-bond acceptors (Lipinski definition) is 7. The first-order valence-corrected chi connectivity index (χ1v) is 11.4. The normalized spacial score (nSPS) is 16.2. The smallest absolute Gasteiger partial charge is 0.187 e. The Balaban J connectivity index is 1.94. The highest BCUT2D eigenvalue weighted by Crippen LogP contribution is 2.43. The highest BCUT2D eigenvalue weighted by Gasteiger charge is 2.23. The van der Waals surface area contributed by atoms with Crippen LogP contribution in [0, 0.1) is 12.8 Å². The number of fused-ring (bicyclic) bond motifs is 1. The lowest BCUT2D eigenvalue weighted by Crippen LogP contribution is -2.08. The lowest BCUT2D eigenvalue weighted by atomic mass is 9.98. The highest BCUT2D eigenvalue weighted by molar-refractivity contribution is 7.98. The number of nitrogens with zero attached hydrogens (tertiary/aromatic N) is 3. The number of aromatic nitrogens is 3. The molecule has 1 atom stereocenters. The van der Waals surface area contributed by atoms with E-state index in [1.807, 2.05) is 25.4 Å². The molecule has 0 aliphatic carbocycles. The number of halogens is 1. The molecule has 0 radical (unpaired) electrons. The summed E-state index contributed by atoms with van der Waals surface area (Å²) < 4.78 is 16.6. The van der Waals surface area contributed by atoms with Gasteiger partial charge in [-0.3, -0.25) is 4.98 Å². The van der Waals surface area contributed by atoms with Gasteiger partial charge in [-0.05, 0) is 38.0 Å². The molecule has 2 aromatic heterocycles. The summed E-state index contributed by atoms with van der Waals surface area (Å²) >= 11 is 8.25. The van der Waals surface area contributed by atoms with Gasteiger partial charge in [0.15, 0.2) is 5.16 Å². The third kappa shape index (κ3) is 3.94. The van der Waals surface area contributed by atoms with Crippen molar-refractivity contribution < 1.29 is 14.2 Å². The minimum atomic E-state index is 0.431. The molecule has 4 rings (SSSR count). The fourth-order valence-corrected chi connectivity index (χ4v) is 4.55. The van der Waals surface area contributed by atoms with Gasteiger partial charge in [0.25, 0.3) is 0 Å². The fraction of sp³-hybridized carbons (Fsp3) is 0.409. The Morgan fingerprint density at radius 1 is 1.20 bits per heavy atom. The molecule has 158 valence electrons. The van der Waals surface area contributed by atoms with Crippen molar-refractivity contribution in [2.45, 2.75) is 24.9 Å². The van der Waals surface area contributed by atoms with E-state index in [1.165, 1.54) is 11.8 Å². The molecule has 0 spiro atoms. The van der Waals surface area contributed by atoms with Gasteiger partial charge in [0.05, 0.1) is 36.1 Å². The predicted molar refractivity (Wildman–Crippen MR) is 120 cm³/mol. The first-order chi connectivity index (χ1) is 14.5.